The van der Waals surface area contributed by atoms with Crippen molar-refractivity contribution in [3.05, 3.63) is 27.8 Å². The Morgan fingerprint density at radius 2 is 2.27 bits per heavy atom. The summed E-state index contributed by atoms with van der Waals surface area (Å²) in [6.07, 6.45) is 1.01. The fourth-order valence-electron chi connectivity index (χ4n) is 0.682. The number of nitriles is 1. The molecular formula is C6H5KN4O4. The van der Waals surface area contributed by atoms with Gasteiger partial charge in [0.05, 0.1) is 5.69 Å². The average Bonchev–Trinajstić information content (AvgIpc) is 2.47. The number of imidazole rings is 1. The molecule has 1 rings (SSSR count). The molecule has 0 aliphatic carbocycles. The minimum Gasteiger partial charge on any atom is -0.665 e. The molecule has 1 heterocycles. The van der Waals surface area contributed by atoms with Crippen LogP contribution in [0, 0.1) is 28.4 Å². The smallest absolute Gasteiger partial charge is 0.665 e. The van der Waals surface area contributed by atoms with Crippen LogP contribution in [-0.4, -0.2) is 26.3 Å². The molecule has 0 saturated carbocycles. The predicted molar refractivity (Wildman–Crippen MR) is 42.4 cm³/mol. The first kappa shape index (κ1) is 16.6. The van der Waals surface area contributed by atoms with Gasteiger partial charge in [-0.05, 0) is 11.6 Å². The van der Waals surface area contributed by atoms with Gasteiger partial charge in [0.25, 0.3) is 0 Å². The van der Waals surface area contributed by atoms with Crippen LogP contribution >= 0.6 is 0 Å². The summed E-state index contributed by atoms with van der Waals surface area (Å²) in [7, 11) is 0. The van der Waals surface area contributed by atoms with E-state index in [2.05, 4.69) is 4.98 Å². The number of nitrogens with zero attached hydrogens (tertiary/aromatic N) is 4. The first-order valence-electron chi connectivity index (χ1n) is 3.18. The van der Waals surface area contributed by atoms with Crippen LogP contribution in [0.4, 0.5) is 0 Å². The van der Waals surface area contributed by atoms with Crippen molar-refractivity contribution in [1.82, 2.24) is 9.66 Å². The molecule has 0 fully saturated rings. The number of aryl methyl sites for hydroxylation is 1. The molecule has 9 heteroatoms. The molecule has 0 amide bonds. The first-order valence-corrected chi connectivity index (χ1v) is 3.18. The van der Waals surface area contributed by atoms with Crippen molar-refractivity contribution in [1.29, 1.82) is 5.26 Å². The molecule has 0 atom stereocenters. The monoisotopic (exact) mass is 236 g/mol. The fraction of sp³-hybridized carbons (Fsp3) is 0.167. The van der Waals surface area contributed by atoms with Crippen molar-refractivity contribution in [3.8, 4) is 6.07 Å². The number of nitro groups is 1. The van der Waals surface area contributed by atoms with Crippen LogP contribution < -0.4 is 51.4 Å². The van der Waals surface area contributed by atoms with Crippen molar-refractivity contribution >= 4 is 6.47 Å². The van der Waals surface area contributed by atoms with Crippen molar-refractivity contribution in [2.24, 2.45) is 0 Å². The first-order chi connectivity index (χ1) is 6.58. The normalized spacial score (nSPS) is 7.47. The van der Waals surface area contributed by atoms with E-state index in [0.29, 0.717) is 16.8 Å². The molecule has 15 heavy (non-hydrogen) atoms. The summed E-state index contributed by atoms with van der Waals surface area (Å²) in [4.78, 5) is 22.0. The summed E-state index contributed by atoms with van der Waals surface area (Å²) in [5, 5.41) is 24.7. The Hall–Kier alpha value is -0.794. The zero-order valence-electron chi connectivity index (χ0n) is 8.04. The van der Waals surface area contributed by atoms with Crippen LogP contribution in [0.2, 0.25) is 0 Å². The predicted octanol–water partition coefficient (Wildman–Crippen LogP) is -3.28. The largest absolute Gasteiger partial charge is 1.00 e. The summed E-state index contributed by atoms with van der Waals surface area (Å²) >= 11 is 0. The van der Waals surface area contributed by atoms with Gasteiger partial charge in [-0.3, -0.25) is 0 Å². The number of rotatable bonds is 1. The van der Waals surface area contributed by atoms with Crippen molar-refractivity contribution in [2.45, 2.75) is 6.92 Å². The molecule has 0 aromatic carbocycles. The van der Waals surface area contributed by atoms with E-state index in [-0.39, 0.29) is 57.1 Å². The summed E-state index contributed by atoms with van der Waals surface area (Å²) < 4.78 is 0.593. The summed E-state index contributed by atoms with van der Waals surface area (Å²) in [5.41, 5.74) is 0.333. The van der Waals surface area contributed by atoms with Gasteiger partial charge in [-0.1, -0.05) is 6.47 Å². The molecule has 1 aromatic heterocycles. The van der Waals surface area contributed by atoms with Gasteiger partial charge >= 0.3 is 51.4 Å². The molecule has 0 aliphatic heterocycles. The average molecular weight is 236 g/mol. The minimum atomic E-state index is -0.696. The number of aromatic nitrogens is 2. The minimum absolute atomic E-state index is 0. The quantitative estimate of drug-likeness (QED) is 0.236. The van der Waals surface area contributed by atoms with Gasteiger partial charge in [0.2, 0.25) is 5.69 Å². The van der Waals surface area contributed by atoms with E-state index >= 15 is 0 Å². The Balaban J connectivity index is 0. The maximum Gasteiger partial charge on any atom is 1.00 e. The molecule has 0 bridgehead atoms. The van der Waals surface area contributed by atoms with E-state index in [9.17, 15) is 10.1 Å². The second-order valence-electron chi connectivity index (χ2n) is 1.96. The summed E-state index contributed by atoms with van der Waals surface area (Å²) in [6.45, 7) is 2.04. The van der Waals surface area contributed by atoms with Crippen LogP contribution in [0.25, 0.3) is 0 Å². The molecule has 0 radical (unpaired) electrons. The van der Waals surface area contributed by atoms with Gasteiger partial charge in [0.1, 0.15) is 6.07 Å². The van der Waals surface area contributed by atoms with Crippen LogP contribution in [-0.2, 0) is 4.79 Å². The van der Waals surface area contributed by atoms with E-state index in [1.807, 2.05) is 0 Å². The molecule has 8 nitrogen and oxygen atoms in total. The second kappa shape index (κ2) is 8.51. The molecule has 1 aromatic rings. The maximum atomic E-state index is 10.2. The van der Waals surface area contributed by atoms with E-state index in [1.165, 1.54) is 0 Å². The Kier molecular flexibility index (Phi) is 9.43. The molecule has 1 N–H and O–H groups in total. The van der Waals surface area contributed by atoms with Crippen molar-refractivity contribution in [2.75, 3.05) is 0 Å². The van der Waals surface area contributed by atoms with Gasteiger partial charge in [0.15, 0.2) is 11.4 Å². The van der Waals surface area contributed by atoms with Crippen LogP contribution in [0.5, 0.6) is 0 Å². The molecule has 74 valence electrons. The topological polar surface area (TPSA) is 122 Å². The summed E-state index contributed by atoms with van der Waals surface area (Å²) in [6, 6.07) is 1.68. The SMILES string of the molecule is Cc1ncn([N+](=O)[O-])c1C#N.O=[C-]O.[K+]. The van der Waals surface area contributed by atoms with E-state index in [4.69, 9.17) is 15.2 Å². The van der Waals surface area contributed by atoms with Gasteiger partial charge < -0.3 is 9.90 Å². The van der Waals surface area contributed by atoms with E-state index in [1.54, 1.807) is 13.0 Å². The second-order valence-corrected chi connectivity index (χ2v) is 1.96. The van der Waals surface area contributed by atoms with Crippen molar-refractivity contribution < 1.29 is 66.3 Å². The molecule has 0 unspecified atom stereocenters. The Morgan fingerprint density at radius 1 is 1.80 bits per heavy atom. The standard InChI is InChI=1S/C5H4N4O2.CHO2.K/c1-4-5(2-6)8(3-7-4)9(10)11;2-1-3;/h3H,1H3;(H,2,3);/q;-1;+1. The number of aliphatic hydroxyl groups excluding tert-OH is 1. The molecule has 0 spiro atoms. The zero-order valence-corrected chi connectivity index (χ0v) is 11.2. The molecular weight excluding hydrogens is 231 g/mol. The van der Waals surface area contributed by atoms with E-state index < -0.39 is 5.03 Å². The van der Waals surface area contributed by atoms with Gasteiger partial charge in [-0.2, -0.15) is 5.26 Å². The zero-order chi connectivity index (χ0) is 11.1. The third-order valence-corrected chi connectivity index (χ3v) is 1.21. The van der Waals surface area contributed by atoms with Crippen LogP contribution in [0.15, 0.2) is 6.33 Å². The van der Waals surface area contributed by atoms with E-state index in [0.717, 1.165) is 6.33 Å². The summed E-state index contributed by atoms with van der Waals surface area (Å²) in [5.74, 6) is 0. The number of hydrogen-bond acceptors (Lipinski definition) is 5. The van der Waals surface area contributed by atoms with Gasteiger partial charge in [0, 0.05) is 0 Å². The molecule has 0 aliphatic rings. The maximum absolute atomic E-state index is 10.2. The Bertz CT molecular complexity index is 383. The number of hydrogen-bond donors (Lipinski definition) is 1. The Morgan fingerprint density at radius 3 is 2.53 bits per heavy atom. The van der Waals surface area contributed by atoms with Gasteiger partial charge in [-0.25, -0.2) is 15.1 Å². The third kappa shape index (κ3) is 5.00. The third-order valence-electron chi connectivity index (χ3n) is 1.21. The van der Waals surface area contributed by atoms with Crippen LogP contribution in [0.3, 0.4) is 0 Å². The van der Waals surface area contributed by atoms with Gasteiger partial charge in [-0.15, -0.1) is 0 Å². The molecule has 0 saturated heterocycles. The van der Waals surface area contributed by atoms with Crippen molar-refractivity contribution in [3.63, 3.8) is 0 Å². The Labute approximate surface area is 127 Å². The van der Waals surface area contributed by atoms with Crippen LogP contribution in [0.1, 0.15) is 11.4 Å². The fourth-order valence-corrected chi connectivity index (χ4v) is 0.682.